The van der Waals surface area contributed by atoms with Crippen molar-refractivity contribution < 1.29 is 14.2 Å². The summed E-state index contributed by atoms with van der Waals surface area (Å²) >= 11 is 0. The fourth-order valence-corrected chi connectivity index (χ4v) is 1.95. The molecule has 0 spiro atoms. The van der Waals surface area contributed by atoms with Gasteiger partial charge in [0.25, 0.3) is 0 Å². The van der Waals surface area contributed by atoms with Crippen molar-refractivity contribution in [3.8, 4) is 0 Å². The maximum Gasteiger partial charge on any atom is 0.147 e. The normalized spacial score (nSPS) is 27.9. The number of rotatable bonds is 2. The van der Waals surface area contributed by atoms with Gasteiger partial charge in [0.15, 0.2) is 0 Å². The lowest BCUT2D eigenvalue weighted by atomic mass is 9.90. The SMILES string of the molecule is CC1(C(O)c2ccncc2F)CCCO1. The number of hydrogen-bond donors (Lipinski definition) is 1. The number of nitrogens with zero attached hydrogens (tertiary/aromatic N) is 1. The van der Waals surface area contributed by atoms with Crippen LogP contribution in [-0.2, 0) is 4.74 Å². The zero-order chi connectivity index (χ0) is 10.9. The van der Waals surface area contributed by atoms with Gasteiger partial charge in [0.05, 0.1) is 11.8 Å². The lowest BCUT2D eigenvalue weighted by molar-refractivity contribution is -0.0809. The Morgan fingerprint density at radius 2 is 2.47 bits per heavy atom. The number of aromatic nitrogens is 1. The predicted molar refractivity (Wildman–Crippen MR) is 52.7 cm³/mol. The summed E-state index contributed by atoms with van der Waals surface area (Å²) in [6.07, 6.45) is 3.30. The van der Waals surface area contributed by atoms with E-state index in [0.29, 0.717) is 6.61 Å². The van der Waals surface area contributed by atoms with Crippen LogP contribution in [0.25, 0.3) is 0 Å². The summed E-state index contributed by atoms with van der Waals surface area (Å²) in [4.78, 5) is 3.65. The van der Waals surface area contributed by atoms with E-state index in [1.54, 1.807) is 0 Å². The average Bonchev–Trinajstić information content (AvgIpc) is 2.66. The van der Waals surface area contributed by atoms with Crippen LogP contribution in [0.4, 0.5) is 4.39 Å². The molecule has 1 aromatic heterocycles. The van der Waals surface area contributed by atoms with Crippen LogP contribution in [0.15, 0.2) is 18.5 Å². The van der Waals surface area contributed by atoms with E-state index in [1.807, 2.05) is 6.92 Å². The number of halogens is 1. The Kier molecular flexibility index (Phi) is 2.71. The first-order valence-electron chi connectivity index (χ1n) is 5.05. The molecule has 2 rings (SSSR count). The van der Waals surface area contributed by atoms with Crippen molar-refractivity contribution in [1.82, 2.24) is 4.98 Å². The third-order valence-corrected chi connectivity index (χ3v) is 2.93. The number of pyridine rings is 1. The summed E-state index contributed by atoms with van der Waals surface area (Å²) in [5.41, 5.74) is -0.406. The second kappa shape index (κ2) is 3.87. The van der Waals surface area contributed by atoms with E-state index < -0.39 is 17.5 Å². The molecule has 0 amide bonds. The van der Waals surface area contributed by atoms with E-state index in [1.165, 1.54) is 12.3 Å². The molecule has 1 N–H and O–H groups in total. The highest BCUT2D eigenvalue weighted by Gasteiger charge is 2.39. The lowest BCUT2D eigenvalue weighted by Crippen LogP contribution is -2.32. The van der Waals surface area contributed by atoms with Gasteiger partial charge < -0.3 is 9.84 Å². The first-order chi connectivity index (χ1) is 7.13. The summed E-state index contributed by atoms with van der Waals surface area (Å²) < 4.78 is 18.9. The fraction of sp³-hybridized carbons (Fsp3) is 0.545. The molecule has 1 aliphatic rings. The highest BCUT2D eigenvalue weighted by Crippen LogP contribution is 2.37. The van der Waals surface area contributed by atoms with Gasteiger partial charge in [-0.3, -0.25) is 4.98 Å². The Morgan fingerprint density at radius 3 is 3.07 bits per heavy atom. The van der Waals surface area contributed by atoms with E-state index in [2.05, 4.69) is 4.98 Å². The zero-order valence-corrected chi connectivity index (χ0v) is 8.61. The fourth-order valence-electron chi connectivity index (χ4n) is 1.95. The average molecular weight is 211 g/mol. The van der Waals surface area contributed by atoms with Crippen molar-refractivity contribution >= 4 is 0 Å². The van der Waals surface area contributed by atoms with Crippen molar-refractivity contribution in [2.75, 3.05) is 6.61 Å². The summed E-state index contributed by atoms with van der Waals surface area (Å²) in [5, 5.41) is 10.1. The molecule has 15 heavy (non-hydrogen) atoms. The van der Waals surface area contributed by atoms with Gasteiger partial charge in [0, 0.05) is 18.4 Å². The first-order valence-corrected chi connectivity index (χ1v) is 5.05. The summed E-state index contributed by atoms with van der Waals surface area (Å²) in [6, 6.07) is 1.49. The number of hydrogen-bond acceptors (Lipinski definition) is 3. The largest absolute Gasteiger partial charge is 0.385 e. The van der Waals surface area contributed by atoms with Gasteiger partial charge in [-0.15, -0.1) is 0 Å². The Morgan fingerprint density at radius 1 is 1.67 bits per heavy atom. The van der Waals surface area contributed by atoms with Crippen LogP contribution in [0.2, 0.25) is 0 Å². The number of ether oxygens (including phenoxy) is 1. The van der Waals surface area contributed by atoms with Gasteiger partial charge in [0.2, 0.25) is 0 Å². The Balaban J connectivity index is 2.27. The van der Waals surface area contributed by atoms with Crippen molar-refractivity contribution in [1.29, 1.82) is 0 Å². The van der Waals surface area contributed by atoms with Crippen LogP contribution >= 0.6 is 0 Å². The lowest BCUT2D eigenvalue weighted by Gasteiger charge is -2.29. The molecular weight excluding hydrogens is 197 g/mol. The van der Waals surface area contributed by atoms with E-state index in [-0.39, 0.29) is 5.56 Å². The van der Waals surface area contributed by atoms with Crippen molar-refractivity contribution in [2.45, 2.75) is 31.5 Å². The minimum Gasteiger partial charge on any atom is -0.385 e. The van der Waals surface area contributed by atoms with E-state index >= 15 is 0 Å². The zero-order valence-electron chi connectivity index (χ0n) is 8.61. The molecule has 1 fully saturated rings. The second-order valence-electron chi connectivity index (χ2n) is 4.06. The van der Waals surface area contributed by atoms with E-state index in [9.17, 15) is 9.50 Å². The van der Waals surface area contributed by atoms with E-state index in [0.717, 1.165) is 19.0 Å². The van der Waals surface area contributed by atoms with Crippen LogP contribution in [0.1, 0.15) is 31.4 Å². The molecule has 82 valence electrons. The van der Waals surface area contributed by atoms with Gasteiger partial charge in [-0.2, -0.15) is 0 Å². The smallest absolute Gasteiger partial charge is 0.147 e. The van der Waals surface area contributed by atoms with Gasteiger partial charge in [-0.1, -0.05) is 0 Å². The Hall–Kier alpha value is -1.00. The van der Waals surface area contributed by atoms with Gasteiger partial charge in [0.1, 0.15) is 11.9 Å². The molecule has 1 aliphatic heterocycles. The molecule has 0 aromatic carbocycles. The van der Waals surface area contributed by atoms with Crippen molar-refractivity contribution in [3.05, 3.63) is 29.8 Å². The van der Waals surface area contributed by atoms with Crippen LogP contribution in [0, 0.1) is 5.82 Å². The number of aliphatic hydroxyl groups excluding tert-OH is 1. The highest BCUT2D eigenvalue weighted by molar-refractivity contribution is 5.19. The molecule has 0 radical (unpaired) electrons. The van der Waals surface area contributed by atoms with E-state index in [4.69, 9.17) is 4.74 Å². The van der Waals surface area contributed by atoms with Crippen LogP contribution < -0.4 is 0 Å². The minimum atomic E-state index is -0.928. The van der Waals surface area contributed by atoms with Crippen LogP contribution in [-0.4, -0.2) is 22.3 Å². The molecular formula is C11H14FNO2. The molecule has 0 aliphatic carbocycles. The topological polar surface area (TPSA) is 42.4 Å². The summed E-state index contributed by atoms with van der Waals surface area (Å²) in [5.74, 6) is -0.485. The van der Waals surface area contributed by atoms with Crippen LogP contribution in [0.3, 0.4) is 0 Å². The van der Waals surface area contributed by atoms with Gasteiger partial charge >= 0.3 is 0 Å². The monoisotopic (exact) mass is 211 g/mol. The molecule has 3 nitrogen and oxygen atoms in total. The standard InChI is InChI=1S/C11H14FNO2/c1-11(4-2-6-15-11)10(14)8-3-5-13-7-9(8)12/h3,5,7,10,14H,2,4,6H2,1H3. The molecule has 1 aromatic rings. The van der Waals surface area contributed by atoms with Crippen LogP contribution in [0.5, 0.6) is 0 Å². The Labute approximate surface area is 87.9 Å². The minimum absolute atomic E-state index is 0.259. The quantitative estimate of drug-likeness (QED) is 0.811. The third-order valence-electron chi connectivity index (χ3n) is 2.93. The maximum atomic E-state index is 13.4. The van der Waals surface area contributed by atoms with Gasteiger partial charge in [-0.25, -0.2) is 4.39 Å². The van der Waals surface area contributed by atoms with Crippen molar-refractivity contribution in [2.24, 2.45) is 0 Å². The predicted octanol–water partition coefficient (Wildman–Crippen LogP) is 1.82. The Bertz CT molecular complexity index is 350. The maximum absolute atomic E-state index is 13.4. The molecule has 4 heteroatoms. The number of aliphatic hydroxyl groups is 1. The van der Waals surface area contributed by atoms with Crippen molar-refractivity contribution in [3.63, 3.8) is 0 Å². The molecule has 1 saturated heterocycles. The van der Waals surface area contributed by atoms with Gasteiger partial charge in [-0.05, 0) is 25.8 Å². The first kappa shape index (κ1) is 10.5. The summed E-state index contributed by atoms with van der Waals surface area (Å²) in [7, 11) is 0. The molecule has 0 saturated carbocycles. The highest BCUT2D eigenvalue weighted by atomic mass is 19.1. The molecule has 2 atom stereocenters. The molecule has 0 bridgehead atoms. The third kappa shape index (κ3) is 1.87. The molecule has 2 heterocycles. The second-order valence-corrected chi connectivity index (χ2v) is 4.06. The summed E-state index contributed by atoms with van der Waals surface area (Å²) in [6.45, 7) is 2.44. The molecule has 2 unspecified atom stereocenters.